The van der Waals surface area contributed by atoms with Gasteiger partial charge < -0.3 is 10.1 Å². The Morgan fingerprint density at radius 2 is 1.90 bits per heavy atom. The molecule has 0 aliphatic heterocycles. The van der Waals surface area contributed by atoms with E-state index < -0.39 is 34.2 Å². The molecule has 0 aromatic heterocycles. The quantitative estimate of drug-likeness (QED) is 0.589. The number of hydrogen-bond donors (Lipinski definition) is 1. The van der Waals surface area contributed by atoms with Gasteiger partial charge in [0.2, 0.25) is 0 Å². The topological polar surface area (TPSA) is 74.5 Å². The molecule has 0 atom stereocenters. The Morgan fingerprint density at radius 1 is 1.31 bits per heavy atom. The maximum absolute atomic E-state index is 13.2. The first-order valence-corrected chi connectivity index (χ1v) is 8.96. The molecule has 1 aliphatic carbocycles. The minimum atomic E-state index is -4.66. The Labute approximate surface area is 168 Å². The van der Waals surface area contributed by atoms with Crippen molar-refractivity contribution in [2.75, 3.05) is 7.05 Å². The smallest absolute Gasteiger partial charge is 0.417 e. The van der Waals surface area contributed by atoms with Gasteiger partial charge in [0.1, 0.15) is 11.9 Å². The molecule has 29 heavy (non-hydrogen) atoms. The lowest BCUT2D eigenvalue weighted by Gasteiger charge is -2.63. The minimum Gasteiger partial charge on any atom is -0.489 e. The third-order valence-corrected chi connectivity index (χ3v) is 5.36. The van der Waals surface area contributed by atoms with Crippen LogP contribution in [0.2, 0.25) is 0 Å². The predicted octanol–water partition coefficient (Wildman–Crippen LogP) is 4.13. The average molecular weight is 407 g/mol. The lowest BCUT2D eigenvalue weighted by atomic mass is 9.49. The molecule has 156 valence electrons. The molecule has 8 heteroatoms. The summed E-state index contributed by atoms with van der Waals surface area (Å²) in [5, 5.41) is 11.9. The Morgan fingerprint density at radius 3 is 2.38 bits per heavy atom. The van der Waals surface area contributed by atoms with E-state index in [1.165, 1.54) is 19.3 Å². The summed E-state index contributed by atoms with van der Waals surface area (Å²) in [4.78, 5) is 16.1. The number of benzene rings is 1. The van der Waals surface area contributed by atoms with Crippen LogP contribution >= 0.6 is 0 Å². The maximum Gasteiger partial charge on any atom is 0.417 e. The van der Waals surface area contributed by atoms with Crippen molar-refractivity contribution in [3.05, 3.63) is 41.5 Å². The van der Waals surface area contributed by atoms with Gasteiger partial charge in [0.05, 0.1) is 17.2 Å². The van der Waals surface area contributed by atoms with Crippen LogP contribution < -0.4 is 10.1 Å². The van der Waals surface area contributed by atoms with E-state index in [4.69, 9.17) is 10.00 Å². The number of hydrogen-bond acceptors (Lipinski definition) is 4. The molecule has 5 nitrogen and oxygen atoms in total. The first-order chi connectivity index (χ1) is 13.3. The van der Waals surface area contributed by atoms with Crippen LogP contribution in [0.1, 0.15) is 38.8 Å². The van der Waals surface area contributed by atoms with E-state index in [0.717, 1.165) is 12.1 Å². The van der Waals surface area contributed by atoms with E-state index in [0.29, 0.717) is 0 Å². The van der Waals surface area contributed by atoms with Gasteiger partial charge in [0.25, 0.3) is 5.91 Å². The van der Waals surface area contributed by atoms with Crippen LogP contribution in [0.3, 0.4) is 0 Å². The van der Waals surface area contributed by atoms with Gasteiger partial charge in [0.15, 0.2) is 0 Å². The zero-order valence-electron chi connectivity index (χ0n) is 17.0. The Balaban J connectivity index is 2.26. The van der Waals surface area contributed by atoms with Crippen LogP contribution in [0.25, 0.3) is 0 Å². The number of nitrogens with one attached hydrogen (secondary N) is 1. The summed E-state index contributed by atoms with van der Waals surface area (Å²) in [6, 6.07) is 4.55. The van der Waals surface area contributed by atoms with Gasteiger partial charge in [-0.1, -0.05) is 34.3 Å². The fraction of sp³-hybridized carbons (Fsp3) is 0.476. The summed E-state index contributed by atoms with van der Waals surface area (Å²) in [5.41, 5.74) is -2.40. The zero-order valence-corrected chi connectivity index (χ0v) is 17.0. The van der Waals surface area contributed by atoms with E-state index in [2.05, 4.69) is 16.9 Å². The van der Waals surface area contributed by atoms with Crippen molar-refractivity contribution in [1.29, 1.82) is 5.26 Å². The number of halogens is 3. The van der Waals surface area contributed by atoms with Crippen molar-refractivity contribution in [2.45, 2.75) is 46.0 Å². The highest BCUT2D eigenvalue weighted by atomic mass is 19.4. The van der Waals surface area contributed by atoms with E-state index in [1.807, 2.05) is 27.7 Å². The summed E-state index contributed by atoms with van der Waals surface area (Å²) < 4.78 is 45.6. The minimum absolute atomic E-state index is 0.0229. The van der Waals surface area contributed by atoms with E-state index in [1.54, 1.807) is 6.07 Å². The van der Waals surface area contributed by atoms with Crippen LogP contribution in [-0.2, 0) is 11.0 Å². The number of alkyl halides is 3. The SMILES string of the molecule is C=C(C=NC)C(=O)NC1C(C)(C)C(Oc2ccc(C#N)c(C(F)(F)F)c2)C1(C)C. The number of nitrogens with zero attached hydrogens (tertiary/aromatic N) is 2. The molecule has 1 N–H and O–H groups in total. The molecular formula is C21H24F3N3O2. The number of aliphatic imine (C=N–C) groups is 1. The standard InChI is InChI=1S/C21H24F3N3O2/c1-12(11-26-6)16(28)27-17-19(2,3)18(20(17,4)5)29-14-8-7-13(10-25)15(9-14)21(22,23)24/h7-9,11,17-18H,1H2,2-6H3,(H,27,28). The molecule has 1 fully saturated rings. The molecule has 0 saturated heterocycles. The third kappa shape index (κ3) is 4.14. The number of carbonyl (C=O) groups excluding carboxylic acids is 1. The zero-order chi connectivity index (χ0) is 22.2. The molecule has 0 bridgehead atoms. The maximum atomic E-state index is 13.2. The van der Waals surface area contributed by atoms with Gasteiger partial charge in [-0.15, -0.1) is 0 Å². The Hall–Kier alpha value is -2.82. The van der Waals surface area contributed by atoms with Gasteiger partial charge in [-0.2, -0.15) is 18.4 Å². The normalized spacial score (nSPS) is 22.4. The number of ether oxygens (including phenoxy) is 1. The molecule has 2 rings (SSSR count). The van der Waals surface area contributed by atoms with Crippen molar-refractivity contribution in [3.8, 4) is 11.8 Å². The van der Waals surface area contributed by atoms with Crippen LogP contribution in [0, 0.1) is 22.2 Å². The van der Waals surface area contributed by atoms with Gasteiger partial charge in [0, 0.05) is 35.7 Å². The summed E-state index contributed by atoms with van der Waals surface area (Å²) in [6.07, 6.45) is -3.77. The molecule has 0 unspecified atom stereocenters. The highest BCUT2D eigenvalue weighted by Gasteiger charge is 2.64. The monoisotopic (exact) mass is 407 g/mol. The number of nitriles is 1. The second-order valence-electron chi connectivity index (χ2n) is 8.28. The molecule has 0 spiro atoms. The number of rotatable bonds is 5. The summed E-state index contributed by atoms with van der Waals surface area (Å²) >= 11 is 0. The highest BCUT2D eigenvalue weighted by molar-refractivity contribution is 6.11. The molecular weight excluding hydrogens is 383 g/mol. The second-order valence-corrected chi connectivity index (χ2v) is 8.28. The van der Waals surface area contributed by atoms with Crippen LogP contribution in [0.5, 0.6) is 5.75 Å². The Kier molecular flexibility index (Phi) is 5.84. The molecule has 1 aromatic carbocycles. The fourth-order valence-corrected chi connectivity index (χ4v) is 4.30. The lowest BCUT2D eigenvalue weighted by molar-refractivity contribution is -0.172. The molecule has 0 heterocycles. The van der Waals surface area contributed by atoms with Crippen LogP contribution in [-0.4, -0.2) is 31.3 Å². The van der Waals surface area contributed by atoms with Crippen LogP contribution in [0.15, 0.2) is 35.3 Å². The largest absolute Gasteiger partial charge is 0.489 e. The van der Waals surface area contributed by atoms with Crippen molar-refractivity contribution < 1.29 is 22.7 Å². The molecule has 1 amide bonds. The van der Waals surface area contributed by atoms with Crippen molar-refractivity contribution in [1.82, 2.24) is 5.32 Å². The van der Waals surface area contributed by atoms with Crippen molar-refractivity contribution in [2.24, 2.45) is 15.8 Å². The first-order valence-electron chi connectivity index (χ1n) is 8.96. The summed E-state index contributed by atoms with van der Waals surface area (Å²) in [7, 11) is 1.53. The van der Waals surface area contributed by atoms with Crippen molar-refractivity contribution >= 4 is 12.1 Å². The summed E-state index contributed by atoms with van der Waals surface area (Å²) in [6.45, 7) is 11.2. The van der Waals surface area contributed by atoms with Gasteiger partial charge in [-0.3, -0.25) is 9.79 Å². The fourth-order valence-electron chi connectivity index (χ4n) is 4.30. The molecule has 1 aromatic rings. The van der Waals surface area contributed by atoms with Crippen molar-refractivity contribution in [3.63, 3.8) is 0 Å². The van der Waals surface area contributed by atoms with Gasteiger partial charge >= 0.3 is 6.18 Å². The van der Waals surface area contributed by atoms with E-state index in [9.17, 15) is 18.0 Å². The van der Waals surface area contributed by atoms with Gasteiger partial charge in [-0.05, 0) is 18.2 Å². The second kappa shape index (κ2) is 7.54. The molecule has 0 radical (unpaired) electrons. The number of carbonyl (C=O) groups is 1. The van der Waals surface area contributed by atoms with Crippen LogP contribution in [0.4, 0.5) is 13.2 Å². The van der Waals surface area contributed by atoms with Gasteiger partial charge in [-0.25, -0.2) is 0 Å². The average Bonchev–Trinajstić information content (AvgIpc) is 2.62. The predicted molar refractivity (Wildman–Crippen MR) is 104 cm³/mol. The lowest BCUT2D eigenvalue weighted by Crippen LogP contribution is -2.74. The summed E-state index contributed by atoms with van der Waals surface area (Å²) in [5.74, 6) is -0.340. The molecule has 1 aliphatic rings. The van der Waals surface area contributed by atoms with E-state index >= 15 is 0 Å². The molecule has 1 saturated carbocycles. The number of amides is 1. The van der Waals surface area contributed by atoms with E-state index in [-0.39, 0.29) is 23.3 Å². The highest BCUT2D eigenvalue weighted by Crippen LogP contribution is 2.55. The Bertz CT molecular complexity index is 879. The third-order valence-electron chi connectivity index (χ3n) is 5.36. The first kappa shape index (κ1) is 22.5.